The molecule has 0 aromatic rings. The van der Waals surface area contributed by atoms with Crippen molar-refractivity contribution in [3.63, 3.8) is 0 Å². The molecule has 0 aliphatic heterocycles. The van der Waals surface area contributed by atoms with Crippen LogP contribution in [0.1, 0.15) is 0 Å². The molecule has 0 bridgehead atoms. The van der Waals surface area contributed by atoms with Crippen molar-refractivity contribution in [1.82, 2.24) is 4.90 Å². The van der Waals surface area contributed by atoms with Crippen LogP contribution in [0.3, 0.4) is 0 Å². The average molecular weight is 107 g/mol. The summed E-state index contributed by atoms with van der Waals surface area (Å²) in [5, 5.41) is 0. The van der Waals surface area contributed by atoms with E-state index >= 15 is 0 Å². The van der Waals surface area contributed by atoms with E-state index in [-0.39, 0.29) is 9.90 Å². The summed E-state index contributed by atoms with van der Waals surface area (Å²) in [5.74, 6) is 0. The van der Waals surface area contributed by atoms with E-state index in [4.69, 9.17) is 0 Å². The highest BCUT2D eigenvalue weighted by Crippen LogP contribution is 1.52. The Kier molecular flexibility index (Phi) is 7.61. The molecule has 38 valence electrons. The molecule has 0 aromatic carbocycles. The molecule has 1 unspecified atom stereocenters. The van der Waals surface area contributed by atoms with Crippen LogP contribution in [0, 0.1) is 0 Å². The van der Waals surface area contributed by atoms with E-state index in [1.54, 1.807) is 14.1 Å². The van der Waals surface area contributed by atoms with Gasteiger partial charge in [-0.05, 0) is 0 Å². The molecule has 0 spiro atoms. The number of hydrogen-bond acceptors (Lipinski definition) is 1. The van der Waals surface area contributed by atoms with Gasteiger partial charge in [-0.15, -0.1) is 0 Å². The van der Waals surface area contributed by atoms with Gasteiger partial charge in [0.25, 0.3) is 0 Å². The van der Waals surface area contributed by atoms with Crippen LogP contribution in [0.2, 0.25) is 0 Å². The topological polar surface area (TPSA) is 20.3 Å². The molecule has 0 fully saturated rings. The third kappa shape index (κ3) is 9.09. The standard InChI is InChI=1S/C3H7NO.H3P/c1-4(2)3-5;/h3H,1-2H3;1H3. The normalized spacial score (nSPS) is 5.67. The molecule has 0 radical (unpaired) electrons. The Morgan fingerprint density at radius 2 is 1.67 bits per heavy atom. The Hall–Kier alpha value is -0.100. The van der Waals surface area contributed by atoms with Gasteiger partial charge in [-0.2, -0.15) is 9.90 Å². The average Bonchev–Trinajstić information content (AvgIpc) is 1.38. The number of hydrogen-bond donors (Lipinski definition) is 0. The predicted octanol–water partition coefficient (Wildman–Crippen LogP) is -0.238. The molecule has 2 nitrogen and oxygen atoms in total. The fourth-order valence-electron chi connectivity index (χ4n) is 0. The predicted molar refractivity (Wildman–Crippen MR) is 30.9 cm³/mol. The summed E-state index contributed by atoms with van der Waals surface area (Å²) >= 11 is 0. The Morgan fingerprint density at radius 1 is 1.50 bits per heavy atom. The summed E-state index contributed by atoms with van der Waals surface area (Å²) in [7, 11) is 3.38. The van der Waals surface area contributed by atoms with Crippen molar-refractivity contribution in [1.29, 1.82) is 0 Å². The third-order valence-electron chi connectivity index (χ3n) is 0.211. The number of carbonyl (C=O) groups is 1. The van der Waals surface area contributed by atoms with Crippen LogP contribution in [0.15, 0.2) is 0 Å². The molecule has 3 heteroatoms. The summed E-state index contributed by atoms with van der Waals surface area (Å²) in [4.78, 5) is 10.9. The lowest BCUT2D eigenvalue weighted by molar-refractivity contribution is -0.115. The Bertz CT molecular complexity index is 37.8. The number of amides is 1. The van der Waals surface area contributed by atoms with E-state index in [0.29, 0.717) is 0 Å². The molecule has 6 heavy (non-hydrogen) atoms. The zero-order valence-corrected chi connectivity index (χ0v) is 5.55. The van der Waals surface area contributed by atoms with Crippen LogP contribution in [0.4, 0.5) is 0 Å². The van der Waals surface area contributed by atoms with Gasteiger partial charge < -0.3 is 4.90 Å². The van der Waals surface area contributed by atoms with E-state index in [1.165, 1.54) is 4.90 Å². The molecule has 0 rings (SSSR count). The monoisotopic (exact) mass is 107 g/mol. The molecule has 0 saturated heterocycles. The van der Waals surface area contributed by atoms with Crippen molar-refractivity contribution in [2.24, 2.45) is 0 Å². The van der Waals surface area contributed by atoms with Gasteiger partial charge in [-0.1, -0.05) is 0 Å². The minimum Gasteiger partial charge on any atom is -0.351 e. The smallest absolute Gasteiger partial charge is 0.209 e. The van der Waals surface area contributed by atoms with E-state index < -0.39 is 0 Å². The highest BCUT2D eigenvalue weighted by Gasteiger charge is 1.68. The van der Waals surface area contributed by atoms with Crippen molar-refractivity contribution in [2.45, 2.75) is 0 Å². The van der Waals surface area contributed by atoms with Crippen molar-refractivity contribution >= 4 is 16.3 Å². The molecular formula is C3H10NOP. The van der Waals surface area contributed by atoms with E-state index in [1.807, 2.05) is 0 Å². The van der Waals surface area contributed by atoms with Gasteiger partial charge in [-0.25, -0.2) is 0 Å². The molecule has 0 aliphatic carbocycles. The lowest BCUT2D eigenvalue weighted by Gasteiger charge is -1.93. The molecule has 0 aromatic heterocycles. The Morgan fingerprint density at radius 3 is 1.67 bits per heavy atom. The second-order valence-electron chi connectivity index (χ2n) is 1.07. The van der Waals surface area contributed by atoms with Gasteiger partial charge >= 0.3 is 0 Å². The first kappa shape index (κ1) is 9.31. The summed E-state index contributed by atoms with van der Waals surface area (Å²) < 4.78 is 0. The zero-order valence-electron chi connectivity index (χ0n) is 4.14. The summed E-state index contributed by atoms with van der Waals surface area (Å²) in [6, 6.07) is 0. The number of carbonyl (C=O) groups excluding carboxylic acids is 1. The minimum atomic E-state index is 0. The van der Waals surface area contributed by atoms with Crippen LogP contribution in [0.5, 0.6) is 0 Å². The molecule has 0 heterocycles. The van der Waals surface area contributed by atoms with Gasteiger partial charge in [-0.3, -0.25) is 4.79 Å². The first-order chi connectivity index (χ1) is 2.27. The maximum absolute atomic E-state index is 9.43. The fourth-order valence-corrected chi connectivity index (χ4v) is 0. The lowest BCUT2D eigenvalue weighted by atomic mass is 11.0. The van der Waals surface area contributed by atoms with Crippen LogP contribution in [-0.2, 0) is 4.79 Å². The summed E-state index contributed by atoms with van der Waals surface area (Å²) in [6.07, 6.45) is 0.750. The van der Waals surface area contributed by atoms with Gasteiger partial charge in [0, 0.05) is 14.1 Å². The lowest BCUT2D eigenvalue weighted by Crippen LogP contribution is -2.06. The first-order valence-electron chi connectivity index (χ1n) is 1.39. The summed E-state index contributed by atoms with van der Waals surface area (Å²) in [5.41, 5.74) is 0. The van der Waals surface area contributed by atoms with Crippen LogP contribution >= 0.6 is 9.90 Å². The van der Waals surface area contributed by atoms with E-state index in [2.05, 4.69) is 0 Å². The van der Waals surface area contributed by atoms with Gasteiger partial charge in [0.1, 0.15) is 0 Å². The molecular weight excluding hydrogens is 97.0 g/mol. The third-order valence-corrected chi connectivity index (χ3v) is 0.211. The van der Waals surface area contributed by atoms with Crippen molar-refractivity contribution < 1.29 is 4.79 Å². The Labute approximate surface area is 41.1 Å². The van der Waals surface area contributed by atoms with Crippen LogP contribution in [-0.4, -0.2) is 25.4 Å². The maximum Gasteiger partial charge on any atom is 0.209 e. The Balaban J connectivity index is 0. The van der Waals surface area contributed by atoms with Crippen LogP contribution in [0.25, 0.3) is 0 Å². The van der Waals surface area contributed by atoms with E-state index in [9.17, 15) is 4.79 Å². The molecule has 0 N–H and O–H groups in total. The molecule has 0 aliphatic rings. The maximum atomic E-state index is 9.43. The molecule has 0 saturated carbocycles. The SMILES string of the molecule is CN(C)C=O.P. The van der Waals surface area contributed by atoms with Crippen molar-refractivity contribution in [2.75, 3.05) is 14.1 Å². The van der Waals surface area contributed by atoms with Crippen molar-refractivity contribution in [3.8, 4) is 0 Å². The van der Waals surface area contributed by atoms with Gasteiger partial charge in [0.05, 0.1) is 0 Å². The fraction of sp³-hybridized carbons (Fsp3) is 0.667. The van der Waals surface area contributed by atoms with Gasteiger partial charge in [0.2, 0.25) is 6.41 Å². The minimum absolute atomic E-state index is 0. The first-order valence-corrected chi connectivity index (χ1v) is 1.39. The number of rotatable bonds is 1. The van der Waals surface area contributed by atoms with Crippen LogP contribution < -0.4 is 0 Å². The second kappa shape index (κ2) is 4.90. The quantitative estimate of drug-likeness (QED) is 0.334. The summed E-state index contributed by atoms with van der Waals surface area (Å²) in [6.45, 7) is 0. The highest BCUT2D eigenvalue weighted by molar-refractivity contribution is 6.92. The van der Waals surface area contributed by atoms with Gasteiger partial charge in [0.15, 0.2) is 0 Å². The largest absolute Gasteiger partial charge is 0.351 e. The highest BCUT2D eigenvalue weighted by atomic mass is 31.0. The zero-order chi connectivity index (χ0) is 4.28. The molecule has 1 amide bonds. The van der Waals surface area contributed by atoms with E-state index in [0.717, 1.165) is 6.41 Å². The number of nitrogens with zero attached hydrogens (tertiary/aromatic N) is 1. The van der Waals surface area contributed by atoms with Crippen molar-refractivity contribution in [3.05, 3.63) is 0 Å². The second-order valence-corrected chi connectivity index (χ2v) is 1.07. The molecule has 1 atom stereocenters.